The summed E-state index contributed by atoms with van der Waals surface area (Å²) in [7, 11) is 0. The van der Waals surface area contributed by atoms with Crippen molar-refractivity contribution in [1.82, 2.24) is 0 Å². The van der Waals surface area contributed by atoms with Crippen molar-refractivity contribution in [2.24, 2.45) is 0 Å². The number of carboxylic acid groups (broad SMARTS) is 1. The predicted molar refractivity (Wildman–Crippen MR) is 75.6 cm³/mol. The van der Waals surface area contributed by atoms with Crippen molar-refractivity contribution in [1.29, 1.82) is 0 Å². The highest BCUT2D eigenvalue weighted by molar-refractivity contribution is 5.89. The van der Waals surface area contributed by atoms with Gasteiger partial charge in [0.1, 0.15) is 6.61 Å². The van der Waals surface area contributed by atoms with E-state index in [0.717, 1.165) is 5.56 Å². The molecule has 0 aromatic heterocycles. The van der Waals surface area contributed by atoms with Crippen molar-refractivity contribution in [2.45, 2.75) is 13.5 Å². The number of rotatable bonds is 5. The molecule has 0 amide bonds. The number of nitrogens with zero attached hydrogens (tertiary/aromatic N) is 1. The Balaban J connectivity index is 2.27. The Bertz CT molecular complexity index is 696. The van der Waals surface area contributed by atoms with E-state index in [9.17, 15) is 14.9 Å². The van der Waals surface area contributed by atoms with Gasteiger partial charge in [0.25, 0.3) is 0 Å². The summed E-state index contributed by atoms with van der Waals surface area (Å²) >= 11 is 0. The molecule has 2 aromatic carbocycles. The molecule has 2 aromatic rings. The number of carboxylic acids is 1. The minimum atomic E-state index is -1.06. The third-order valence-electron chi connectivity index (χ3n) is 2.94. The first-order valence-electron chi connectivity index (χ1n) is 6.18. The Morgan fingerprint density at radius 3 is 2.67 bits per heavy atom. The third-order valence-corrected chi connectivity index (χ3v) is 2.94. The second-order valence-electron chi connectivity index (χ2n) is 4.48. The van der Waals surface area contributed by atoms with Crippen LogP contribution in [-0.2, 0) is 6.61 Å². The number of nitro groups is 1. The van der Waals surface area contributed by atoms with Crippen LogP contribution in [0.15, 0.2) is 42.5 Å². The number of hydrogen-bond donors (Lipinski definition) is 1. The van der Waals surface area contributed by atoms with Gasteiger partial charge in [0.05, 0.1) is 10.5 Å². The van der Waals surface area contributed by atoms with Crippen LogP contribution in [0.4, 0.5) is 5.69 Å². The average molecular weight is 287 g/mol. The minimum Gasteiger partial charge on any atom is -0.482 e. The van der Waals surface area contributed by atoms with Crippen molar-refractivity contribution < 1.29 is 19.6 Å². The van der Waals surface area contributed by atoms with Crippen LogP contribution < -0.4 is 4.74 Å². The molecule has 0 aliphatic carbocycles. The van der Waals surface area contributed by atoms with E-state index in [0.29, 0.717) is 5.56 Å². The molecule has 0 bridgehead atoms. The summed E-state index contributed by atoms with van der Waals surface area (Å²) < 4.78 is 5.45. The molecule has 0 unspecified atom stereocenters. The van der Waals surface area contributed by atoms with Gasteiger partial charge in [-0.3, -0.25) is 10.1 Å². The highest BCUT2D eigenvalue weighted by Gasteiger charge is 2.16. The summed E-state index contributed by atoms with van der Waals surface area (Å²) in [6.45, 7) is 1.74. The van der Waals surface area contributed by atoms with Crippen LogP contribution in [0.3, 0.4) is 0 Å². The Labute approximate surface area is 120 Å². The molecule has 21 heavy (non-hydrogen) atoms. The van der Waals surface area contributed by atoms with Gasteiger partial charge in [-0.2, -0.15) is 0 Å². The van der Waals surface area contributed by atoms with E-state index >= 15 is 0 Å². The molecule has 0 atom stereocenters. The Morgan fingerprint density at radius 2 is 2.00 bits per heavy atom. The molecule has 0 saturated heterocycles. The molecular weight excluding hydrogens is 274 g/mol. The standard InChI is InChI=1S/C15H13NO5/c1-10-6-7-13(16(19)20)14(8-10)21-9-11-4-2-3-5-12(11)15(17)18/h2-8H,9H2,1H3,(H,17,18). The number of aromatic carboxylic acids is 1. The van der Waals surface area contributed by atoms with E-state index in [1.807, 2.05) is 0 Å². The molecule has 0 aliphatic heterocycles. The summed E-state index contributed by atoms with van der Waals surface area (Å²) in [5.41, 5.74) is 1.25. The van der Waals surface area contributed by atoms with Crippen LogP contribution in [0.1, 0.15) is 21.5 Å². The monoisotopic (exact) mass is 287 g/mol. The fourth-order valence-corrected chi connectivity index (χ4v) is 1.90. The lowest BCUT2D eigenvalue weighted by atomic mass is 10.1. The maximum Gasteiger partial charge on any atom is 0.336 e. The predicted octanol–water partition coefficient (Wildman–Crippen LogP) is 3.18. The van der Waals surface area contributed by atoms with Gasteiger partial charge in [0.2, 0.25) is 0 Å². The number of nitro benzene ring substituents is 1. The Morgan fingerprint density at radius 1 is 1.29 bits per heavy atom. The maximum absolute atomic E-state index is 11.1. The molecule has 0 fully saturated rings. The van der Waals surface area contributed by atoms with Gasteiger partial charge in [-0.1, -0.05) is 24.3 Å². The third kappa shape index (κ3) is 3.36. The summed E-state index contributed by atoms with van der Waals surface area (Å²) in [4.78, 5) is 21.5. The molecule has 0 aliphatic rings. The second kappa shape index (κ2) is 6.04. The second-order valence-corrected chi connectivity index (χ2v) is 4.48. The Hall–Kier alpha value is -2.89. The molecular formula is C15H13NO5. The lowest BCUT2D eigenvalue weighted by molar-refractivity contribution is -0.386. The zero-order valence-electron chi connectivity index (χ0n) is 11.3. The summed E-state index contributed by atoms with van der Waals surface area (Å²) in [5, 5.41) is 20.0. The molecule has 108 valence electrons. The van der Waals surface area contributed by atoms with Gasteiger partial charge in [0.15, 0.2) is 5.75 Å². The van der Waals surface area contributed by atoms with Crippen molar-refractivity contribution in [3.63, 3.8) is 0 Å². The Kier molecular flexibility index (Phi) is 4.18. The van der Waals surface area contributed by atoms with Gasteiger partial charge >= 0.3 is 11.7 Å². The first kappa shape index (κ1) is 14.5. The maximum atomic E-state index is 11.1. The van der Waals surface area contributed by atoms with Gasteiger partial charge < -0.3 is 9.84 Å². The zero-order chi connectivity index (χ0) is 15.4. The molecule has 0 saturated carbocycles. The lowest BCUT2D eigenvalue weighted by Gasteiger charge is -2.09. The zero-order valence-corrected chi connectivity index (χ0v) is 11.3. The van der Waals surface area contributed by atoms with Crippen LogP contribution in [0.2, 0.25) is 0 Å². The van der Waals surface area contributed by atoms with Gasteiger partial charge in [-0.15, -0.1) is 0 Å². The van der Waals surface area contributed by atoms with Gasteiger partial charge in [-0.25, -0.2) is 4.79 Å². The van der Waals surface area contributed by atoms with E-state index < -0.39 is 10.9 Å². The molecule has 6 nitrogen and oxygen atoms in total. The lowest BCUT2D eigenvalue weighted by Crippen LogP contribution is -2.06. The molecule has 6 heteroatoms. The highest BCUT2D eigenvalue weighted by Crippen LogP contribution is 2.28. The molecule has 0 heterocycles. The van der Waals surface area contributed by atoms with Crippen LogP contribution in [-0.4, -0.2) is 16.0 Å². The van der Waals surface area contributed by atoms with E-state index in [-0.39, 0.29) is 23.6 Å². The van der Waals surface area contributed by atoms with Crippen molar-refractivity contribution >= 4 is 11.7 Å². The van der Waals surface area contributed by atoms with Crippen molar-refractivity contribution in [3.8, 4) is 5.75 Å². The van der Waals surface area contributed by atoms with E-state index in [4.69, 9.17) is 9.84 Å². The SMILES string of the molecule is Cc1ccc([N+](=O)[O-])c(OCc2ccccc2C(=O)O)c1. The highest BCUT2D eigenvalue weighted by atomic mass is 16.6. The first-order chi connectivity index (χ1) is 9.99. The topological polar surface area (TPSA) is 89.7 Å². The number of aryl methyl sites for hydroxylation is 1. The summed E-state index contributed by atoms with van der Waals surface area (Å²) in [6, 6.07) is 10.9. The summed E-state index contributed by atoms with van der Waals surface area (Å²) in [6.07, 6.45) is 0. The van der Waals surface area contributed by atoms with Crippen LogP contribution >= 0.6 is 0 Å². The van der Waals surface area contributed by atoms with Crippen LogP contribution in [0, 0.1) is 17.0 Å². The number of hydrogen-bond acceptors (Lipinski definition) is 4. The van der Waals surface area contributed by atoms with E-state index in [1.54, 1.807) is 37.3 Å². The smallest absolute Gasteiger partial charge is 0.336 e. The number of carbonyl (C=O) groups is 1. The molecule has 2 rings (SSSR count). The normalized spacial score (nSPS) is 10.1. The largest absolute Gasteiger partial charge is 0.482 e. The summed E-state index contributed by atoms with van der Waals surface area (Å²) in [5.74, 6) is -0.937. The minimum absolute atomic E-state index is 0.0488. The van der Waals surface area contributed by atoms with Crippen LogP contribution in [0.25, 0.3) is 0 Å². The quantitative estimate of drug-likeness (QED) is 0.673. The first-order valence-corrected chi connectivity index (χ1v) is 6.18. The number of benzene rings is 2. The van der Waals surface area contributed by atoms with Gasteiger partial charge in [-0.05, 0) is 24.6 Å². The average Bonchev–Trinajstić information content (AvgIpc) is 2.45. The molecule has 0 spiro atoms. The van der Waals surface area contributed by atoms with Crippen LogP contribution in [0.5, 0.6) is 5.75 Å². The van der Waals surface area contributed by atoms with Crippen molar-refractivity contribution in [3.05, 3.63) is 69.3 Å². The molecule has 0 radical (unpaired) electrons. The fourth-order valence-electron chi connectivity index (χ4n) is 1.90. The van der Waals surface area contributed by atoms with E-state index in [2.05, 4.69) is 0 Å². The van der Waals surface area contributed by atoms with E-state index in [1.165, 1.54) is 12.1 Å². The van der Waals surface area contributed by atoms with Crippen molar-refractivity contribution in [2.75, 3.05) is 0 Å². The fraction of sp³-hybridized carbons (Fsp3) is 0.133. The molecule has 1 N–H and O–H groups in total. The number of ether oxygens (including phenoxy) is 1. The van der Waals surface area contributed by atoms with Gasteiger partial charge in [0, 0.05) is 11.6 Å².